The maximum atomic E-state index is 12.2. The van der Waals surface area contributed by atoms with Gasteiger partial charge in [-0.1, -0.05) is 18.5 Å². The van der Waals surface area contributed by atoms with Crippen LogP contribution in [0, 0.1) is 5.92 Å². The number of hydrogen-bond acceptors (Lipinski definition) is 4. The van der Waals surface area contributed by atoms with E-state index in [0.717, 1.165) is 5.39 Å². The van der Waals surface area contributed by atoms with Crippen LogP contribution in [0.5, 0.6) is 0 Å². The van der Waals surface area contributed by atoms with Gasteiger partial charge in [-0.3, -0.25) is 10.2 Å². The fourth-order valence-electron chi connectivity index (χ4n) is 2.35. The molecule has 0 radical (unpaired) electrons. The number of carbonyl (C=O) groups excluding carboxylic acids is 1. The molecule has 6 nitrogen and oxygen atoms in total. The minimum Gasteiger partial charge on any atom is -0.330 e. The maximum absolute atomic E-state index is 12.2. The smallest absolute Gasteiger partial charge is 0.243 e. The summed E-state index contributed by atoms with van der Waals surface area (Å²) in [6, 6.07) is 3.63. The average Bonchev–Trinajstić information content (AvgIpc) is 2.92. The lowest BCUT2D eigenvalue weighted by atomic mass is 9.97. The van der Waals surface area contributed by atoms with E-state index in [2.05, 4.69) is 26.1 Å². The zero-order valence-corrected chi connectivity index (χ0v) is 12.0. The number of carbonyl (C=O) groups is 1. The average molecular weight is 294 g/mol. The summed E-state index contributed by atoms with van der Waals surface area (Å²) >= 11 is 5.88. The lowest BCUT2D eigenvalue weighted by molar-refractivity contribution is -0.118. The van der Waals surface area contributed by atoms with Crippen molar-refractivity contribution in [2.75, 3.05) is 5.32 Å². The first-order valence-electron chi connectivity index (χ1n) is 6.51. The number of aromatic nitrogens is 2. The second-order valence-electron chi connectivity index (χ2n) is 5.18. The third kappa shape index (κ3) is 2.37. The summed E-state index contributed by atoms with van der Waals surface area (Å²) in [4.78, 5) is 19.4. The van der Waals surface area contributed by atoms with E-state index in [1.54, 1.807) is 12.3 Å². The highest BCUT2D eigenvalue weighted by atomic mass is 35.5. The molecule has 0 spiro atoms. The van der Waals surface area contributed by atoms with Gasteiger partial charge in [-0.15, -0.1) is 0 Å². The maximum Gasteiger partial charge on any atom is 0.243 e. The van der Waals surface area contributed by atoms with Gasteiger partial charge in [0.05, 0.1) is 11.9 Å². The van der Waals surface area contributed by atoms with E-state index >= 15 is 0 Å². The van der Waals surface area contributed by atoms with Crippen LogP contribution in [-0.4, -0.2) is 28.0 Å². The Labute approximate surface area is 121 Å². The number of nitrogens with one attached hydrogen (secondary N) is 4. The van der Waals surface area contributed by atoms with Crippen molar-refractivity contribution in [1.82, 2.24) is 20.8 Å². The molecule has 106 valence electrons. The van der Waals surface area contributed by atoms with Gasteiger partial charge in [-0.2, -0.15) is 0 Å². The zero-order chi connectivity index (χ0) is 14.3. The number of anilines is 1. The van der Waals surface area contributed by atoms with Crippen LogP contribution in [0.1, 0.15) is 13.8 Å². The highest BCUT2D eigenvalue weighted by molar-refractivity contribution is 6.30. The molecule has 3 atom stereocenters. The van der Waals surface area contributed by atoms with Crippen LogP contribution in [0.2, 0.25) is 5.15 Å². The van der Waals surface area contributed by atoms with Crippen LogP contribution in [0.25, 0.3) is 11.0 Å². The van der Waals surface area contributed by atoms with E-state index < -0.39 is 0 Å². The zero-order valence-electron chi connectivity index (χ0n) is 11.2. The SMILES string of the molecule is CC1NNC(C(=O)Nc2cnc3[nH]c(Cl)cc3c2)C1C. The number of hydrogen-bond donors (Lipinski definition) is 4. The lowest BCUT2D eigenvalue weighted by Gasteiger charge is -2.15. The molecule has 3 rings (SSSR count). The van der Waals surface area contributed by atoms with Crippen LogP contribution in [0.3, 0.4) is 0 Å². The Morgan fingerprint density at radius 1 is 1.35 bits per heavy atom. The largest absolute Gasteiger partial charge is 0.330 e. The van der Waals surface area contributed by atoms with Crippen LogP contribution in [0.4, 0.5) is 5.69 Å². The molecule has 1 aliphatic rings. The first kappa shape index (κ1) is 13.4. The number of nitrogens with zero attached hydrogens (tertiary/aromatic N) is 1. The van der Waals surface area contributed by atoms with Crippen molar-refractivity contribution in [1.29, 1.82) is 0 Å². The second kappa shape index (κ2) is 5.05. The first-order chi connectivity index (χ1) is 9.54. The number of amides is 1. The minimum atomic E-state index is -0.254. The van der Waals surface area contributed by atoms with Crippen molar-refractivity contribution in [3.63, 3.8) is 0 Å². The van der Waals surface area contributed by atoms with Crippen LogP contribution >= 0.6 is 11.6 Å². The molecule has 4 N–H and O–H groups in total. The van der Waals surface area contributed by atoms with Crippen molar-refractivity contribution in [2.24, 2.45) is 5.92 Å². The van der Waals surface area contributed by atoms with Gasteiger partial charge in [-0.25, -0.2) is 10.4 Å². The van der Waals surface area contributed by atoms with Crippen molar-refractivity contribution in [3.8, 4) is 0 Å². The van der Waals surface area contributed by atoms with Gasteiger partial charge in [0.25, 0.3) is 0 Å². The molecule has 1 fully saturated rings. The van der Waals surface area contributed by atoms with E-state index in [-0.39, 0.29) is 23.9 Å². The van der Waals surface area contributed by atoms with Crippen molar-refractivity contribution < 1.29 is 4.79 Å². The predicted octanol–water partition coefficient (Wildman–Crippen LogP) is 1.66. The molecule has 7 heteroatoms. The van der Waals surface area contributed by atoms with Gasteiger partial charge < -0.3 is 10.3 Å². The molecule has 1 aliphatic heterocycles. The summed E-state index contributed by atoms with van der Waals surface area (Å²) in [6.07, 6.45) is 1.61. The fourth-order valence-corrected chi connectivity index (χ4v) is 2.55. The first-order valence-corrected chi connectivity index (χ1v) is 6.88. The van der Waals surface area contributed by atoms with E-state index in [9.17, 15) is 4.79 Å². The number of aromatic amines is 1. The Morgan fingerprint density at radius 3 is 2.85 bits per heavy atom. The summed E-state index contributed by atoms with van der Waals surface area (Å²) in [7, 11) is 0. The second-order valence-corrected chi connectivity index (χ2v) is 5.59. The summed E-state index contributed by atoms with van der Waals surface area (Å²) in [5, 5.41) is 4.27. The molecule has 1 amide bonds. The van der Waals surface area contributed by atoms with Gasteiger partial charge in [-0.05, 0) is 25.0 Å². The molecule has 2 aromatic heterocycles. The third-order valence-corrected chi connectivity index (χ3v) is 3.97. The molecule has 0 aromatic carbocycles. The highest BCUT2D eigenvalue weighted by Crippen LogP contribution is 2.21. The number of pyridine rings is 1. The molecule has 0 bridgehead atoms. The monoisotopic (exact) mass is 293 g/mol. The Kier molecular flexibility index (Phi) is 3.37. The van der Waals surface area contributed by atoms with Gasteiger partial charge >= 0.3 is 0 Å². The van der Waals surface area contributed by atoms with Crippen LogP contribution < -0.4 is 16.2 Å². The summed E-state index contributed by atoms with van der Waals surface area (Å²) in [5.74, 6) is 0.144. The predicted molar refractivity (Wildman–Crippen MR) is 78.4 cm³/mol. The minimum absolute atomic E-state index is 0.0721. The number of hydrazine groups is 1. The molecular formula is C13H16ClN5O. The van der Waals surface area contributed by atoms with Crippen LogP contribution in [0.15, 0.2) is 18.3 Å². The molecule has 0 aliphatic carbocycles. The molecule has 20 heavy (non-hydrogen) atoms. The summed E-state index contributed by atoms with van der Waals surface area (Å²) in [6.45, 7) is 4.08. The number of H-pyrrole nitrogens is 1. The molecule has 1 saturated heterocycles. The lowest BCUT2D eigenvalue weighted by Crippen LogP contribution is -2.41. The van der Waals surface area contributed by atoms with Crippen molar-refractivity contribution >= 4 is 34.2 Å². The van der Waals surface area contributed by atoms with E-state index in [0.29, 0.717) is 16.5 Å². The normalized spacial score (nSPS) is 26.1. The molecule has 0 saturated carbocycles. The number of halogens is 1. The van der Waals surface area contributed by atoms with Crippen molar-refractivity contribution in [2.45, 2.75) is 25.9 Å². The van der Waals surface area contributed by atoms with Gasteiger partial charge in [0.1, 0.15) is 16.8 Å². The standard InChI is InChI=1S/C13H16ClN5O/c1-6-7(2)18-19-11(6)13(20)16-9-3-8-4-10(14)17-12(8)15-5-9/h3-7,11,18-19H,1-2H3,(H,15,17)(H,16,20). The Morgan fingerprint density at radius 2 is 2.15 bits per heavy atom. The summed E-state index contributed by atoms with van der Waals surface area (Å²) in [5.41, 5.74) is 7.44. The Bertz CT molecular complexity index is 655. The van der Waals surface area contributed by atoms with E-state index in [1.807, 2.05) is 19.9 Å². The van der Waals surface area contributed by atoms with Gasteiger partial charge in [0.15, 0.2) is 0 Å². The Balaban J connectivity index is 1.77. The quantitative estimate of drug-likeness (QED) is 0.679. The number of rotatable bonds is 2. The molecular weight excluding hydrogens is 278 g/mol. The van der Waals surface area contributed by atoms with Gasteiger partial charge in [0, 0.05) is 11.4 Å². The topological polar surface area (TPSA) is 81.8 Å². The molecule has 2 aromatic rings. The number of fused-ring (bicyclic) bond motifs is 1. The van der Waals surface area contributed by atoms with Gasteiger partial charge in [0.2, 0.25) is 5.91 Å². The van der Waals surface area contributed by atoms with Crippen molar-refractivity contribution in [3.05, 3.63) is 23.5 Å². The third-order valence-electron chi connectivity index (χ3n) is 3.77. The fraction of sp³-hybridized carbons (Fsp3) is 0.385. The highest BCUT2D eigenvalue weighted by Gasteiger charge is 2.34. The summed E-state index contributed by atoms with van der Waals surface area (Å²) < 4.78 is 0. The van der Waals surface area contributed by atoms with Crippen LogP contribution in [-0.2, 0) is 4.79 Å². The molecule has 3 heterocycles. The Hall–Kier alpha value is -1.63. The van der Waals surface area contributed by atoms with E-state index in [1.165, 1.54) is 0 Å². The molecule has 3 unspecified atom stereocenters. The van der Waals surface area contributed by atoms with E-state index in [4.69, 9.17) is 11.6 Å².